The summed E-state index contributed by atoms with van der Waals surface area (Å²) in [6, 6.07) is 5.64. The van der Waals surface area contributed by atoms with Crippen molar-refractivity contribution in [2.24, 2.45) is 0 Å². The molecule has 0 amide bonds. The Kier molecular flexibility index (Phi) is 4.15. The van der Waals surface area contributed by atoms with E-state index in [-0.39, 0.29) is 13.2 Å². The van der Waals surface area contributed by atoms with Gasteiger partial charge < -0.3 is 21.3 Å². The van der Waals surface area contributed by atoms with Crippen LogP contribution in [0.2, 0.25) is 0 Å². The highest BCUT2D eigenvalue weighted by molar-refractivity contribution is 5.68. The van der Waals surface area contributed by atoms with E-state index in [9.17, 15) is 10.2 Å². The molecule has 0 aliphatic heterocycles. The van der Waals surface area contributed by atoms with E-state index in [2.05, 4.69) is 5.32 Å². The predicted molar refractivity (Wildman–Crippen MR) is 66.4 cm³/mol. The van der Waals surface area contributed by atoms with Crippen molar-refractivity contribution in [3.8, 4) is 0 Å². The van der Waals surface area contributed by atoms with Crippen molar-refractivity contribution in [3.63, 3.8) is 0 Å². The molecular weight excluding hydrogens is 204 g/mol. The minimum Gasteiger partial charge on any atom is -0.397 e. The molecule has 1 aromatic carbocycles. The van der Waals surface area contributed by atoms with E-state index in [1.807, 2.05) is 32.0 Å². The zero-order chi connectivity index (χ0) is 12.2. The highest BCUT2D eigenvalue weighted by atomic mass is 16.3. The second-order valence-corrected chi connectivity index (χ2v) is 4.17. The number of rotatable bonds is 5. The maximum absolute atomic E-state index is 9.33. The number of anilines is 2. The summed E-state index contributed by atoms with van der Waals surface area (Å²) in [6.45, 7) is 3.61. The lowest BCUT2D eigenvalue weighted by molar-refractivity contribution is 0.132. The van der Waals surface area contributed by atoms with E-state index in [0.717, 1.165) is 11.3 Å². The molecule has 0 radical (unpaired) electrons. The van der Waals surface area contributed by atoms with Gasteiger partial charge in [-0.3, -0.25) is 0 Å². The highest BCUT2D eigenvalue weighted by Gasteiger charge is 2.26. The fraction of sp³-hybridized carbons (Fsp3) is 0.500. The number of nitrogens with two attached hydrogens (primary N) is 1. The Balaban J connectivity index is 2.97. The maximum Gasteiger partial charge on any atom is 0.0832 e. The molecule has 0 aromatic heterocycles. The molecule has 4 nitrogen and oxygen atoms in total. The van der Waals surface area contributed by atoms with Crippen LogP contribution < -0.4 is 11.1 Å². The number of hydrogen-bond donors (Lipinski definition) is 4. The van der Waals surface area contributed by atoms with Crippen molar-refractivity contribution in [3.05, 3.63) is 23.8 Å². The number of aryl methyl sites for hydroxylation is 1. The van der Waals surface area contributed by atoms with Crippen LogP contribution in [0.1, 0.15) is 18.9 Å². The highest BCUT2D eigenvalue weighted by Crippen LogP contribution is 2.25. The van der Waals surface area contributed by atoms with Crippen molar-refractivity contribution in [1.29, 1.82) is 0 Å². The molecule has 0 saturated heterocycles. The van der Waals surface area contributed by atoms with E-state index >= 15 is 0 Å². The first-order valence-corrected chi connectivity index (χ1v) is 5.43. The van der Waals surface area contributed by atoms with Gasteiger partial charge in [0.2, 0.25) is 0 Å². The summed E-state index contributed by atoms with van der Waals surface area (Å²) < 4.78 is 0. The number of nitrogens with one attached hydrogen (secondary N) is 1. The van der Waals surface area contributed by atoms with Crippen molar-refractivity contribution in [1.82, 2.24) is 0 Å². The van der Waals surface area contributed by atoms with Gasteiger partial charge in [-0.1, -0.05) is 13.0 Å². The molecular formula is C12H20N2O2. The van der Waals surface area contributed by atoms with Crippen molar-refractivity contribution in [2.45, 2.75) is 25.8 Å². The van der Waals surface area contributed by atoms with Crippen molar-refractivity contribution < 1.29 is 10.2 Å². The van der Waals surface area contributed by atoms with Gasteiger partial charge in [-0.15, -0.1) is 0 Å². The Morgan fingerprint density at radius 1 is 1.31 bits per heavy atom. The van der Waals surface area contributed by atoms with Crippen LogP contribution in [0.5, 0.6) is 0 Å². The van der Waals surface area contributed by atoms with Crippen molar-refractivity contribution >= 4 is 11.4 Å². The van der Waals surface area contributed by atoms with Gasteiger partial charge in [0.1, 0.15) is 0 Å². The van der Waals surface area contributed by atoms with Gasteiger partial charge >= 0.3 is 0 Å². The Hall–Kier alpha value is -1.26. The lowest BCUT2D eigenvalue weighted by Gasteiger charge is -2.31. The molecule has 1 rings (SSSR count). The van der Waals surface area contributed by atoms with E-state index in [1.165, 1.54) is 0 Å². The molecule has 4 heteroatoms. The van der Waals surface area contributed by atoms with E-state index in [1.54, 1.807) is 0 Å². The summed E-state index contributed by atoms with van der Waals surface area (Å²) in [5.41, 5.74) is 7.58. The topological polar surface area (TPSA) is 78.5 Å². The van der Waals surface area contributed by atoms with Gasteiger partial charge in [0.25, 0.3) is 0 Å². The minimum absolute atomic E-state index is 0.132. The first-order valence-electron chi connectivity index (χ1n) is 5.43. The Bertz CT molecular complexity index is 341. The molecule has 0 aliphatic carbocycles. The maximum atomic E-state index is 9.33. The van der Waals surface area contributed by atoms with Gasteiger partial charge in [-0.05, 0) is 31.0 Å². The molecule has 0 unspecified atom stereocenters. The number of nitrogen functional groups attached to an aromatic ring is 1. The van der Waals surface area contributed by atoms with Crippen LogP contribution in [0.25, 0.3) is 0 Å². The average Bonchev–Trinajstić information content (AvgIpc) is 2.31. The van der Waals surface area contributed by atoms with Crippen LogP contribution >= 0.6 is 0 Å². The second kappa shape index (κ2) is 5.18. The summed E-state index contributed by atoms with van der Waals surface area (Å²) >= 11 is 0. The molecule has 0 saturated carbocycles. The van der Waals surface area contributed by atoms with Gasteiger partial charge in [0, 0.05) is 0 Å². The lowest BCUT2D eigenvalue weighted by atomic mass is 9.97. The third-order valence-corrected chi connectivity index (χ3v) is 2.89. The zero-order valence-corrected chi connectivity index (χ0v) is 9.83. The lowest BCUT2D eigenvalue weighted by Crippen LogP contribution is -2.45. The van der Waals surface area contributed by atoms with Crippen LogP contribution in [0.15, 0.2) is 18.2 Å². The largest absolute Gasteiger partial charge is 0.397 e. The number of hydrogen-bond acceptors (Lipinski definition) is 4. The summed E-state index contributed by atoms with van der Waals surface area (Å²) in [6.07, 6.45) is 0.618. The fourth-order valence-corrected chi connectivity index (χ4v) is 1.51. The summed E-state index contributed by atoms with van der Waals surface area (Å²) in [7, 11) is 0. The molecule has 0 aliphatic rings. The molecule has 0 heterocycles. The Labute approximate surface area is 96.1 Å². The number of benzene rings is 1. The van der Waals surface area contributed by atoms with Crippen LogP contribution in [-0.2, 0) is 0 Å². The zero-order valence-electron chi connectivity index (χ0n) is 9.83. The molecule has 0 bridgehead atoms. The molecule has 0 atom stereocenters. The minimum atomic E-state index is -0.706. The molecule has 1 aromatic rings. The first kappa shape index (κ1) is 12.8. The van der Waals surface area contributed by atoms with E-state index in [0.29, 0.717) is 12.1 Å². The van der Waals surface area contributed by atoms with E-state index < -0.39 is 5.54 Å². The third kappa shape index (κ3) is 2.65. The SMILES string of the molecule is CCC(CO)(CO)Nc1cc(C)ccc1N. The standard InChI is InChI=1S/C12H20N2O2/c1-3-12(7-15,8-16)14-11-6-9(2)4-5-10(11)13/h4-6,14-16H,3,7-8,13H2,1-2H3. The molecule has 0 spiro atoms. The smallest absolute Gasteiger partial charge is 0.0832 e. The van der Waals surface area contributed by atoms with Gasteiger partial charge in [0.15, 0.2) is 0 Å². The van der Waals surface area contributed by atoms with Crippen LogP contribution in [0, 0.1) is 6.92 Å². The summed E-state index contributed by atoms with van der Waals surface area (Å²) in [5.74, 6) is 0. The second-order valence-electron chi connectivity index (χ2n) is 4.17. The van der Waals surface area contributed by atoms with Crippen LogP contribution in [-0.4, -0.2) is 29.0 Å². The molecule has 0 fully saturated rings. The summed E-state index contributed by atoms with van der Waals surface area (Å²) in [4.78, 5) is 0. The quantitative estimate of drug-likeness (QED) is 0.565. The number of aliphatic hydroxyl groups excluding tert-OH is 2. The predicted octanol–water partition coefficient (Wildman–Crippen LogP) is 1.12. The molecule has 90 valence electrons. The fourth-order valence-electron chi connectivity index (χ4n) is 1.51. The van der Waals surface area contributed by atoms with Gasteiger partial charge in [-0.2, -0.15) is 0 Å². The van der Waals surface area contributed by atoms with Gasteiger partial charge in [0.05, 0.1) is 30.1 Å². The normalized spacial score (nSPS) is 11.5. The van der Waals surface area contributed by atoms with E-state index in [4.69, 9.17) is 5.73 Å². The monoisotopic (exact) mass is 224 g/mol. The first-order chi connectivity index (χ1) is 7.56. The van der Waals surface area contributed by atoms with Gasteiger partial charge in [-0.25, -0.2) is 0 Å². The average molecular weight is 224 g/mol. The summed E-state index contributed by atoms with van der Waals surface area (Å²) in [5, 5.41) is 21.8. The number of aliphatic hydroxyl groups is 2. The van der Waals surface area contributed by atoms with Crippen LogP contribution in [0.3, 0.4) is 0 Å². The molecule has 5 N–H and O–H groups in total. The Morgan fingerprint density at radius 3 is 2.44 bits per heavy atom. The molecule has 16 heavy (non-hydrogen) atoms. The Morgan fingerprint density at radius 2 is 1.94 bits per heavy atom. The van der Waals surface area contributed by atoms with Crippen LogP contribution in [0.4, 0.5) is 11.4 Å². The van der Waals surface area contributed by atoms with Crippen molar-refractivity contribution in [2.75, 3.05) is 24.3 Å². The third-order valence-electron chi connectivity index (χ3n) is 2.89.